The molecule has 7 nitrogen and oxygen atoms in total. The molecule has 0 bridgehead atoms. The summed E-state index contributed by atoms with van der Waals surface area (Å²) in [6.07, 6.45) is 1.61. The van der Waals surface area contributed by atoms with Gasteiger partial charge in [0.15, 0.2) is 0 Å². The van der Waals surface area contributed by atoms with Gasteiger partial charge in [-0.2, -0.15) is 10.1 Å². The second kappa shape index (κ2) is 7.04. The fourth-order valence-corrected chi connectivity index (χ4v) is 2.50. The first-order chi connectivity index (χ1) is 12.1. The van der Waals surface area contributed by atoms with Gasteiger partial charge in [-0.15, -0.1) is 0 Å². The quantitative estimate of drug-likeness (QED) is 0.477. The van der Waals surface area contributed by atoms with Crippen molar-refractivity contribution in [3.05, 3.63) is 70.3 Å². The van der Waals surface area contributed by atoms with Gasteiger partial charge in [-0.3, -0.25) is 19.9 Å². The fraction of sp³-hybridized carbons (Fsp3) is 0.167. The first-order valence-electron chi connectivity index (χ1n) is 7.73. The number of nitro groups is 1. The lowest BCUT2D eigenvalue weighted by Crippen LogP contribution is -2.27. The lowest BCUT2D eigenvalue weighted by atomic mass is 10.1. The molecule has 0 aliphatic carbocycles. The minimum atomic E-state index is -0.515. The number of hydrazone groups is 1. The van der Waals surface area contributed by atoms with Gasteiger partial charge < -0.3 is 0 Å². The van der Waals surface area contributed by atoms with E-state index >= 15 is 0 Å². The summed E-state index contributed by atoms with van der Waals surface area (Å²) >= 11 is 0. The van der Waals surface area contributed by atoms with Crippen LogP contribution in [0.4, 0.5) is 11.4 Å². The van der Waals surface area contributed by atoms with Gasteiger partial charge in [0.05, 0.1) is 22.9 Å². The van der Waals surface area contributed by atoms with Crippen LogP contribution < -0.4 is 5.01 Å². The van der Waals surface area contributed by atoms with Crippen LogP contribution in [-0.4, -0.2) is 22.8 Å². The van der Waals surface area contributed by atoms with Crippen molar-refractivity contribution in [3.8, 4) is 0 Å². The number of aliphatic imine (C=N–C) groups is 1. The highest BCUT2D eigenvalue weighted by Gasteiger charge is 2.33. The highest BCUT2D eigenvalue weighted by molar-refractivity contribution is 6.23. The Balaban J connectivity index is 1.71. The van der Waals surface area contributed by atoms with Gasteiger partial charge in [0, 0.05) is 18.3 Å². The number of anilines is 1. The van der Waals surface area contributed by atoms with Crippen LogP contribution in [0.25, 0.3) is 0 Å². The van der Waals surface area contributed by atoms with E-state index in [-0.39, 0.29) is 11.6 Å². The van der Waals surface area contributed by atoms with Gasteiger partial charge in [0.2, 0.25) is 0 Å². The van der Waals surface area contributed by atoms with E-state index in [4.69, 9.17) is 0 Å². The molecule has 2 aromatic rings. The first-order valence-corrected chi connectivity index (χ1v) is 7.73. The second-order valence-corrected chi connectivity index (χ2v) is 5.62. The van der Waals surface area contributed by atoms with Crippen molar-refractivity contribution in [2.75, 3.05) is 5.01 Å². The summed E-state index contributed by atoms with van der Waals surface area (Å²) in [5.41, 5.74) is 2.16. The zero-order chi connectivity index (χ0) is 17.8. The number of hydrogen-bond donors (Lipinski definition) is 0. The Morgan fingerprint density at radius 2 is 1.88 bits per heavy atom. The number of carbonyl (C=O) groups is 1. The fourth-order valence-electron chi connectivity index (χ4n) is 2.50. The van der Waals surface area contributed by atoms with Gasteiger partial charge in [0.25, 0.3) is 11.6 Å². The first kappa shape index (κ1) is 16.5. The molecule has 0 aromatic heterocycles. The van der Waals surface area contributed by atoms with Crippen LogP contribution in [0.3, 0.4) is 0 Å². The summed E-state index contributed by atoms with van der Waals surface area (Å²) in [4.78, 5) is 27.1. The van der Waals surface area contributed by atoms with E-state index in [0.29, 0.717) is 17.9 Å². The largest absolute Gasteiger partial charge is 0.292 e. The third-order valence-electron chi connectivity index (χ3n) is 3.86. The number of benzene rings is 2. The molecule has 3 rings (SSSR count). The van der Waals surface area contributed by atoms with Crippen molar-refractivity contribution in [2.45, 2.75) is 13.5 Å². The SMILES string of the molecule is CC1=NN(c2ccc([N+](=O)[O-])cc2)C(=O)[C@@H]1C=NCc1ccccc1. The number of non-ortho nitro benzene ring substituents is 1. The number of hydrogen-bond acceptors (Lipinski definition) is 5. The summed E-state index contributed by atoms with van der Waals surface area (Å²) in [5, 5.41) is 16.2. The Bertz CT molecular complexity index is 844. The maximum Gasteiger partial charge on any atom is 0.269 e. The monoisotopic (exact) mass is 336 g/mol. The standard InChI is InChI=1S/C18H16N4O3/c1-13-17(12-19-11-14-5-3-2-4-6-14)18(23)21(20-13)15-7-9-16(10-8-15)22(24)25/h2-10,12,17H,11H2,1H3/t17-/m1/s1. The van der Waals surface area contributed by atoms with Gasteiger partial charge in [0.1, 0.15) is 5.92 Å². The molecule has 0 spiro atoms. The van der Waals surface area contributed by atoms with Crippen molar-refractivity contribution < 1.29 is 9.72 Å². The van der Waals surface area contributed by atoms with E-state index in [2.05, 4.69) is 10.1 Å². The highest BCUT2D eigenvalue weighted by atomic mass is 16.6. The van der Waals surface area contributed by atoms with Gasteiger partial charge in [-0.25, -0.2) is 0 Å². The Labute approximate surface area is 144 Å². The molecule has 0 N–H and O–H groups in total. The van der Waals surface area contributed by atoms with Gasteiger partial charge in [-0.1, -0.05) is 30.3 Å². The van der Waals surface area contributed by atoms with Crippen molar-refractivity contribution in [2.24, 2.45) is 16.0 Å². The predicted molar refractivity (Wildman–Crippen MR) is 95.8 cm³/mol. The molecular formula is C18H16N4O3. The Morgan fingerprint density at radius 3 is 2.52 bits per heavy atom. The topological polar surface area (TPSA) is 88.2 Å². The van der Waals surface area contributed by atoms with Crippen molar-refractivity contribution in [3.63, 3.8) is 0 Å². The molecule has 1 aliphatic rings. The number of rotatable bonds is 5. The molecule has 1 heterocycles. The number of carbonyl (C=O) groups excluding carboxylic acids is 1. The molecule has 1 atom stereocenters. The molecule has 25 heavy (non-hydrogen) atoms. The van der Waals surface area contributed by atoms with Crippen LogP contribution in [-0.2, 0) is 11.3 Å². The van der Waals surface area contributed by atoms with Crippen molar-refractivity contribution >= 4 is 29.2 Å². The molecule has 0 saturated carbocycles. The Hall–Kier alpha value is -3.35. The van der Waals surface area contributed by atoms with Crippen LogP contribution in [0.15, 0.2) is 64.7 Å². The normalized spacial score (nSPS) is 17.2. The minimum Gasteiger partial charge on any atom is -0.292 e. The smallest absolute Gasteiger partial charge is 0.269 e. The highest BCUT2D eigenvalue weighted by Crippen LogP contribution is 2.25. The van der Waals surface area contributed by atoms with E-state index in [1.54, 1.807) is 13.1 Å². The number of amides is 1. The van der Waals surface area contributed by atoms with E-state index in [1.807, 2.05) is 30.3 Å². The lowest BCUT2D eigenvalue weighted by Gasteiger charge is -2.12. The molecule has 1 amide bonds. The van der Waals surface area contributed by atoms with E-state index in [0.717, 1.165) is 5.56 Å². The minimum absolute atomic E-state index is 0.0305. The van der Waals surface area contributed by atoms with Gasteiger partial charge in [-0.05, 0) is 24.6 Å². The van der Waals surface area contributed by atoms with Gasteiger partial charge >= 0.3 is 0 Å². The Morgan fingerprint density at radius 1 is 1.20 bits per heavy atom. The predicted octanol–water partition coefficient (Wildman–Crippen LogP) is 3.20. The van der Waals surface area contributed by atoms with Crippen LogP contribution in [0.5, 0.6) is 0 Å². The van der Waals surface area contributed by atoms with E-state index < -0.39 is 10.8 Å². The molecule has 2 aromatic carbocycles. The summed E-state index contributed by atoms with van der Waals surface area (Å²) in [5.74, 6) is -0.734. The molecule has 0 fully saturated rings. The average Bonchev–Trinajstić information content (AvgIpc) is 2.91. The third-order valence-corrected chi connectivity index (χ3v) is 3.86. The molecule has 1 aliphatic heterocycles. The summed E-state index contributed by atoms with van der Waals surface area (Å²) < 4.78 is 0. The number of nitro benzene ring substituents is 1. The zero-order valence-electron chi connectivity index (χ0n) is 13.6. The summed E-state index contributed by atoms with van der Waals surface area (Å²) in [7, 11) is 0. The van der Waals surface area contributed by atoms with Crippen LogP contribution in [0.1, 0.15) is 12.5 Å². The summed E-state index contributed by atoms with van der Waals surface area (Å²) in [6, 6.07) is 15.5. The Kier molecular flexibility index (Phi) is 4.65. The molecule has 0 radical (unpaired) electrons. The summed E-state index contributed by atoms with van der Waals surface area (Å²) in [6.45, 7) is 2.26. The van der Waals surface area contributed by atoms with Crippen LogP contribution >= 0.6 is 0 Å². The van der Waals surface area contributed by atoms with E-state index in [1.165, 1.54) is 29.3 Å². The molecular weight excluding hydrogens is 320 g/mol. The molecule has 0 unspecified atom stereocenters. The van der Waals surface area contributed by atoms with Crippen molar-refractivity contribution in [1.29, 1.82) is 0 Å². The van der Waals surface area contributed by atoms with Crippen LogP contribution in [0.2, 0.25) is 0 Å². The van der Waals surface area contributed by atoms with E-state index in [9.17, 15) is 14.9 Å². The number of nitrogens with zero attached hydrogens (tertiary/aromatic N) is 4. The van der Waals surface area contributed by atoms with Crippen molar-refractivity contribution in [1.82, 2.24) is 0 Å². The molecule has 7 heteroatoms. The molecule has 0 saturated heterocycles. The zero-order valence-corrected chi connectivity index (χ0v) is 13.6. The molecule has 126 valence electrons. The average molecular weight is 336 g/mol. The third kappa shape index (κ3) is 3.60. The second-order valence-electron chi connectivity index (χ2n) is 5.62. The lowest BCUT2D eigenvalue weighted by molar-refractivity contribution is -0.384. The maximum absolute atomic E-state index is 12.6. The van der Waals surface area contributed by atoms with Crippen LogP contribution in [0, 0.1) is 16.0 Å². The maximum atomic E-state index is 12.6.